The van der Waals surface area contributed by atoms with Crippen LogP contribution in [0.3, 0.4) is 0 Å². The van der Waals surface area contributed by atoms with Gasteiger partial charge in [0.05, 0.1) is 6.61 Å². The van der Waals surface area contributed by atoms with Crippen molar-refractivity contribution < 1.29 is 4.74 Å². The lowest BCUT2D eigenvalue weighted by molar-refractivity contribution is 0.241. The van der Waals surface area contributed by atoms with Crippen LogP contribution in [0, 0.1) is 0 Å². The Labute approximate surface area is 113 Å². The van der Waals surface area contributed by atoms with Crippen LogP contribution in [0.4, 0.5) is 0 Å². The van der Waals surface area contributed by atoms with Gasteiger partial charge in [-0.1, -0.05) is 0 Å². The number of ether oxygens (including phenoxy) is 1. The van der Waals surface area contributed by atoms with Crippen LogP contribution in [0.25, 0.3) is 10.9 Å². The minimum absolute atomic E-state index is 0.393. The topological polar surface area (TPSA) is 40.3 Å². The van der Waals surface area contributed by atoms with Crippen LogP contribution in [0.2, 0.25) is 0 Å². The summed E-state index contributed by atoms with van der Waals surface area (Å²) >= 11 is 0. The van der Waals surface area contributed by atoms with Crippen molar-refractivity contribution in [2.45, 2.75) is 13.0 Å². The summed E-state index contributed by atoms with van der Waals surface area (Å²) in [6, 6.07) is 6.65. The molecule has 2 aromatic rings. The van der Waals surface area contributed by atoms with Crippen molar-refractivity contribution in [3.8, 4) is 5.75 Å². The molecule has 1 fully saturated rings. The van der Waals surface area contributed by atoms with Gasteiger partial charge in [0.15, 0.2) is 0 Å². The molecule has 1 atom stereocenters. The molecule has 4 nitrogen and oxygen atoms in total. The van der Waals surface area contributed by atoms with E-state index in [4.69, 9.17) is 4.74 Å². The van der Waals surface area contributed by atoms with Gasteiger partial charge in [-0.25, -0.2) is 0 Å². The van der Waals surface area contributed by atoms with Gasteiger partial charge < -0.3 is 19.9 Å². The van der Waals surface area contributed by atoms with Crippen molar-refractivity contribution in [1.82, 2.24) is 15.2 Å². The summed E-state index contributed by atoms with van der Waals surface area (Å²) in [4.78, 5) is 5.72. The zero-order valence-electron chi connectivity index (χ0n) is 11.6. The number of hydrogen-bond acceptors (Lipinski definition) is 3. The summed E-state index contributed by atoms with van der Waals surface area (Å²) in [5, 5.41) is 4.86. The van der Waals surface area contributed by atoms with Gasteiger partial charge in [0.2, 0.25) is 0 Å². The fraction of sp³-hybridized carbons (Fsp3) is 0.467. The molecule has 2 heterocycles. The summed E-state index contributed by atoms with van der Waals surface area (Å²) in [6.45, 7) is 5.92. The average molecular weight is 259 g/mol. The molecule has 102 valence electrons. The molecule has 1 saturated heterocycles. The smallest absolute Gasteiger partial charge is 0.120 e. The molecule has 3 rings (SSSR count). The van der Waals surface area contributed by atoms with Gasteiger partial charge in [0, 0.05) is 42.8 Å². The molecule has 1 aromatic carbocycles. The fourth-order valence-corrected chi connectivity index (χ4v) is 2.77. The van der Waals surface area contributed by atoms with Crippen molar-refractivity contribution in [2.24, 2.45) is 0 Å². The summed E-state index contributed by atoms with van der Waals surface area (Å²) in [7, 11) is 2.17. The highest BCUT2D eigenvalue weighted by atomic mass is 16.5. The summed E-state index contributed by atoms with van der Waals surface area (Å²) in [5.41, 5.74) is 2.51. The van der Waals surface area contributed by atoms with Crippen molar-refractivity contribution in [3.05, 3.63) is 30.0 Å². The Bertz CT molecular complexity index is 564. The van der Waals surface area contributed by atoms with Gasteiger partial charge in [0.1, 0.15) is 5.75 Å². The molecule has 1 aliphatic heterocycles. The highest BCUT2D eigenvalue weighted by Crippen LogP contribution is 2.29. The standard InChI is InChI=1S/C15H21N3O/c1-3-19-11-4-5-14-12(8-11)13(9-17-14)15-10-18(2)7-6-16-15/h4-5,8-9,15-17H,3,6-7,10H2,1-2H3. The van der Waals surface area contributed by atoms with E-state index in [1.54, 1.807) is 0 Å². The SMILES string of the molecule is CCOc1ccc2[nH]cc(C3CN(C)CCN3)c2c1. The highest BCUT2D eigenvalue weighted by Gasteiger charge is 2.21. The maximum atomic E-state index is 5.60. The summed E-state index contributed by atoms with van der Waals surface area (Å²) in [6.07, 6.45) is 2.12. The monoisotopic (exact) mass is 259 g/mol. The first-order chi connectivity index (χ1) is 9.28. The van der Waals surface area contributed by atoms with E-state index in [0.717, 1.165) is 25.4 Å². The third kappa shape index (κ3) is 2.46. The summed E-state index contributed by atoms with van der Waals surface area (Å²) in [5.74, 6) is 0.944. The van der Waals surface area contributed by atoms with E-state index in [1.165, 1.54) is 16.5 Å². The number of fused-ring (bicyclic) bond motifs is 1. The van der Waals surface area contributed by atoms with Crippen LogP contribution in [0.15, 0.2) is 24.4 Å². The van der Waals surface area contributed by atoms with E-state index in [2.05, 4.69) is 40.6 Å². The van der Waals surface area contributed by atoms with Crippen LogP contribution < -0.4 is 10.1 Å². The van der Waals surface area contributed by atoms with Crippen molar-refractivity contribution in [3.63, 3.8) is 0 Å². The molecule has 0 aliphatic carbocycles. The van der Waals surface area contributed by atoms with Gasteiger partial charge in [-0.2, -0.15) is 0 Å². The Balaban J connectivity index is 1.96. The van der Waals surface area contributed by atoms with Crippen LogP contribution in [0.1, 0.15) is 18.5 Å². The molecule has 0 bridgehead atoms. The lowest BCUT2D eigenvalue weighted by atomic mass is 10.0. The molecule has 1 aliphatic rings. The molecular formula is C15H21N3O. The van der Waals surface area contributed by atoms with Crippen molar-refractivity contribution in [1.29, 1.82) is 0 Å². The van der Waals surface area contributed by atoms with E-state index in [-0.39, 0.29) is 0 Å². The van der Waals surface area contributed by atoms with E-state index in [0.29, 0.717) is 12.6 Å². The first kappa shape index (κ1) is 12.5. The first-order valence-electron chi connectivity index (χ1n) is 6.93. The van der Waals surface area contributed by atoms with Gasteiger partial charge >= 0.3 is 0 Å². The van der Waals surface area contributed by atoms with Gasteiger partial charge in [0.25, 0.3) is 0 Å². The number of aromatic nitrogens is 1. The zero-order chi connectivity index (χ0) is 13.2. The zero-order valence-corrected chi connectivity index (χ0v) is 11.6. The fourth-order valence-electron chi connectivity index (χ4n) is 2.77. The van der Waals surface area contributed by atoms with Gasteiger partial charge in [-0.15, -0.1) is 0 Å². The van der Waals surface area contributed by atoms with E-state index >= 15 is 0 Å². The maximum absolute atomic E-state index is 5.60. The second-order valence-electron chi connectivity index (χ2n) is 5.15. The number of nitrogens with zero attached hydrogens (tertiary/aromatic N) is 1. The van der Waals surface area contributed by atoms with E-state index in [9.17, 15) is 0 Å². The number of piperazine rings is 1. The third-order valence-corrected chi connectivity index (χ3v) is 3.75. The number of aromatic amines is 1. The molecule has 0 spiro atoms. The lowest BCUT2D eigenvalue weighted by Crippen LogP contribution is -2.43. The Morgan fingerprint density at radius 2 is 2.32 bits per heavy atom. The number of benzene rings is 1. The number of H-pyrrole nitrogens is 1. The van der Waals surface area contributed by atoms with Gasteiger partial charge in [-0.3, -0.25) is 0 Å². The van der Waals surface area contributed by atoms with Crippen LogP contribution in [-0.2, 0) is 0 Å². The molecule has 19 heavy (non-hydrogen) atoms. The predicted octanol–water partition coefficient (Wildman–Crippen LogP) is 2.14. The van der Waals surface area contributed by atoms with Crippen LogP contribution >= 0.6 is 0 Å². The molecular weight excluding hydrogens is 238 g/mol. The Hall–Kier alpha value is -1.52. The number of rotatable bonds is 3. The second kappa shape index (κ2) is 5.23. The third-order valence-electron chi connectivity index (χ3n) is 3.75. The maximum Gasteiger partial charge on any atom is 0.120 e. The summed E-state index contributed by atoms with van der Waals surface area (Å²) < 4.78 is 5.60. The number of likely N-dealkylation sites (N-methyl/N-ethyl adjacent to an activating group) is 1. The largest absolute Gasteiger partial charge is 0.494 e. The number of nitrogens with one attached hydrogen (secondary N) is 2. The Kier molecular flexibility index (Phi) is 3.44. The molecule has 1 aromatic heterocycles. The predicted molar refractivity (Wildman–Crippen MR) is 77.7 cm³/mol. The Morgan fingerprint density at radius 1 is 1.42 bits per heavy atom. The molecule has 2 N–H and O–H groups in total. The van der Waals surface area contributed by atoms with Crippen LogP contribution in [0.5, 0.6) is 5.75 Å². The normalized spacial score (nSPS) is 20.8. The molecule has 0 amide bonds. The second-order valence-corrected chi connectivity index (χ2v) is 5.15. The minimum atomic E-state index is 0.393. The lowest BCUT2D eigenvalue weighted by Gasteiger charge is -2.30. The van der Waals surface area contributed by atoms with Crippen molar-refractivity contribution >= 4 is 10.9 Å². The highest BCUT2D eigenvalue weighted by molar-refractivity contribution is 5.85. The molecule has 1 unspecified atom stereocenters. The van der Waals surface area contributed by atoms with Gasteiger partial charge in [-0.05, 0) is 37.7 Å². The molecule has 0 saturated carbocycles. The Morgan fingerprint density at radius 3 is 3.11 bits per heavy atom. The minimum Gasteiger partial charge on any atom is -0.494 e. The first-order valence-corrected chi connectivity index (χ1v) is 6.93. The number of hydrogen-bond donors (Lipinski definition) is 2. The quantitative estimate of drug-likeness (QED) is 0.887. The van der Waals surface area contributed by atoms with Crippen molar-refractivity contribution in [2.75, 3.05) is 33.3 Å². The molecule has 4 heteroatoms. The average Bonchev–Trinajstić information content (AvgIpc) is 2.82. The van der Waals surface area contributed by atoms with Crippen LogP contribution in [-0.4, -0.2) is 43.2 Å². The van der Waals surface area contributed by atoms with E-state index in [1.807, 2.05) is 13.0 Å². The molecule has 0 radical (unpaired) electrons. The van der Waals surface area contributed by atoms with E-state index < -0.39 is 0 Å².